The number of carbonyl (C=O) groups is 1. The largest absolute Gasteiger partial charge is 0.355 e. The van der Waals surface area contributed by atoms with E-state index in [2.05, 4.69) is 34.0 Å². The molecule has 0 radical (unpaired) electrons. The summed E-state index contributed by atoms with van der Waals surface area (Å²) < 4.78 is 2.23. The van der Waals surface area contributed by atoms with Crippen molar-refractivity contribution in [1.29, 1.82) is 0 Å². The van der Waals surface area contributed by atoms with E-state index < -0.39 is 0 Å². The summed E-state index contributed by atoms with van der Waals surface area (Å²) in [6, 6.07) is 9.86. The first-order chi connectivity index (χ1) is 12.1. The maximum Gasteiger partial charge on any atom is 0.234 e. The summed E-state index contributed by atoms with van der Waals surface area (Å²) in [6.07, 6.45) is 4.16. The fraction of sp³-hybridized carbons (Fsp3) is 0.421. The van der Waals surface area contributed by atoms with Crippen LogP contribution in [0.3, 0.4) is 0 Å². The minimum Gasteiger partial charge on any atom is -0.355 e. The van der Waals surface area contributed by atoms with Gasteiger partial charge in [-0.05, 0) is 36.2 Å². The number of fused-ring (bicyclic) bond motifs is 1. The molecule has 25 heavy (non-hydrogen) atoms. The Kier molecular flexibility index (Phi) is 6.05. The molecule has 6 heteroatoms. The lowest BCUT2D eigenvalue weighted by molar-refractivity contribution is -0.122. The maximum absolute atomic E-state index is 12.3. The average Bonchev–Trinajstić information content (AvgIpc) is 3.06. The number of amides is 1. The molecule has 1 amide bonds. The first kappa shape index (κ1) is 18.3. The minimum atomic E-state index is -0.00422. The fourth-order valence-electron chi connectivity index (χ4n) is 3.31. The third kappa shape index (κ3) is 4.20. The van der Waals surface area contributed by atoms with Crippen molar-refractivity contribution in [2.75, 3.05) is 19.6 Å². The van der Waals surface area contributed by atoms with Gasteiger partial charge in [0.05, 0.1) is 22.6 Å². The van der Waals surface area contributed by atoms with Gasteiger partial charge in [0.25, 0.3) is 0 Å². The van der Waals surface area contributed by atoms with Crippen molar-refractivity contribution in [2.45, 2.75) is 32.4 Å². The Bertz CT molecular complexity index is 744. The van der Waals surface area contributed by atoms with E-state index in [4.69, 9.17) is 23.2 Å². The van der Waals surface area contributed by atoms with Gasteiger partial charge in [-0.3, -0.25) is 9.69 Å². The van der Waals surface area contributed by atoms with Crippen LogP contribution in [0.5, 0.6) is 0 Å². The topological polar surface area (TPSA) is 37.3 Å². The number of carbonyl (C=O) groups excluding carboxylic acids is 1. The molecule has 0 spiro atoms. The average molecular weight is 380 g/mol. The molecule has 134 valence electrons. The van der Waals surface area contributed by atoms with Crippen LogP contribution in [0.1, 0.15) is 37.1 Å². The molecule has 1 atom stereocenters. The van der Waals surface area contributed by atoms with Gasteiger partial charge in [0.2, 0.25) is 5.91 Å². The zero-order chi connectivity index (χ0) is 17.8. The number of rotatable bonds is 6. The number of benzene rings is 1. The van der Waals surface area contributed by atoms with E-state index in [9.17, 15) is 4.79 Å². The van der Waals surface area contributed by atoms with Gasteiger partial charge in [-0.1, -0.05) is 42.6 Å². The lowest BCUT2D eigenvalue weighted by atomic mass is 10.00. The quantitative estimate of drug-likeness (QED) is 0.766. The highest BCUT2D eigenvalue weighted by molar-refractivity contribution is 6.42. The lowest BCUT2D eigenvalue weighted by Gasteiger charge is -2.37. The van der Waals surface area contributed by atoms with Crippen molar-refractivity contribution in [1.82, 2.24) is 14.8 Å². The molecule has 1 aromatic carbocycles. The van der Waals surface area contributed by atoms with Crippen LogP contribution in [0, 0.1) is 0 Å². The van der Waals surface area contributed by atoms with Gasteiger partial charge in [-0.15, -0.1) is 0 Å². The predicted molar refractivity (Wildman–Crippen MR) is 102 cm³/mol. The number of hydrogen-bond acceptors (Lipinski definition) is 2. The second-order valence-electron chi connectivity index (χ2n) is 6.38. The smallest absolute Gasteiger partial charge is 0.234 e. The molecule has 1 aliphatic heterocycles. The number of nitrogens with zero attached hydrogens (tertiary/aromatic N) is 2. The van der Waals surface area contributed by atoms with E-state index in [1.54, 1.807) is 0 Å². The van der Waals surface area contributed by atoms with Crippen LogP contribution in [-0.4, -0.2) is 35.0 Å². The van der Waals surface area contributed by atoms with Crippen molar-refractivity contribution in [3.8, 4) is 0 Å². The van der Waals surface area contributed by atoms with Crippen molar-refractivity contribution in [2.24, 2.45) is 0 Å². The monoisotopic (exact) mass is 379 g/mol. The molecular formula is C19H23Cl2N3O. The summed E-state index contributed by atoms with van der Waals surface area (Å²) in [5.74, 6) is 0.0681. The number of hydrogen-bond donors (Lipinski definition) is 1. The normalized spacial score (nSPS) is 17.3. The number of aromatic nitrogens is 1. The third-order valence-corrected chi connectivity index (χ3v) is 5.34. The fourth-order valence-corrected chi connectivity index (χ4v) is 3.62. The molecule has 0 fully saturated rings. The molecule has 2 heterocycles. The molecule has 2 aromatic rings. The van der Waals surface area contributed by atoms with Crippen LogP contribution in [0.25, 0.3) is 0 Å². The van der Waals surface area contributed by atoms with Gasteiger partial charge in [-0.2, -0.15) is 0 Å². The molecule has 1 aromatic heterocycles. The van der Waals surface area contributed by atoms with E-state index in [1.165, 1.54) is 5.69 Å². The molecule has 0 bridgehead atoms. The summed E-state index contributed by atoms with van der Waals surface area (Å²) in [7, 11) is 0. The molecule has 0 saturated carbocycles. The van der Waals surface area contributed by atoms with E-state index in [0.717, 1.165) is 38.0 Å². The Morgan fingerprint density at radius 2 is 2.08 bits per heavy atom. The molecule has 3 rings (SSSR count). The van der Waals surface area contributed by atoms with Crippen LogP contribution < -0.4 is 5.32 Å². The van der Waals surface area contributed by atoms with Crippen molar-refractivity contribution in [3.63, 3.8) is 0 Å². The third-order valence-electron chi connectivity index (χ3n) is 4.60. The Labute approximate surface area is 158 Å². The highest BCUT2D eigenvalue weighted by atomic mass is 35.5. The summed E-state index contributed by atoms with van der Waals surface area (Å²) in [5.41, 5.74) is 2.22. The molecule has 0 saturated heterocycles. The van der Waals surface area contributed by atoms with Crippen molar-refractivity contribution < 1.29 is 4.79 Å². The molecule has 1 unspecified atom stereocenters. The first-order valence-corrected chi connectivity index (χ1v) is 9.46. The SMILES string of the molecule is CCCCNC(=O)CN1CCn2cccc2C1c1ccc(Cl)c(Cl)c1. The number of nitrogens with one attached hydrogen (secondary N) is 1. The zero-order valence-corrected chi connectivity index (χ0v) is 15.9. The van der Waals surface area contributed by atoms with Crippen LogP contribution in [0.2, 0.25) is 10.0 Å². The highest BCUT2D eigenvalue weighted by Crippen LogP contribution is 2.35. The van der Waals surface area contributed by atoms with Gasteiger partial charge in [0, 0.05) is 31.5 Å². The van der Waals surface area contributed by atoms with Gasteiger partial charge in [0.1, 0.15) is 0 Å². The first-order valence-electron chi connectivity index (χ1n) is 8.71. The summed E-state index contributed by atoms with van der Waals surface area (Å²) in [6.45, 7) is 4.91. The van der Waals surface area contributed by atoms with Gasteiger partial charge in [-0.25, -0.2) is 0 Å². The van der Waals surface area contributed by atoms with Gasteiger partial charge < -0.3 is 9.88 Å². The number of halogens is 2. The molecule has 1 aliphatic rings. The van der Waals surface area contributed by atoms with Crippen LogP contribution in [-0.2, 0) is 11.3 Å². The summed E-state index contributed by atoms with van der Waals surface area (Å²) in [5, 5.41) is 4.09. The predicted octanol–water partition coefficient (Wildman–Crippen LogP) is 4.12. The van der Waals surface area contributed by atoms with Crippen LogP contribution in [0.4, 0.5) is 0 Å². The Hall–Kier alpha value is -1.49. The molecule has 0 aliphatic carbocycles. The molecule has 4 nitrogen and oxygen atoms in total. The van der Waals surface area contributed by atoms with Crippen LogP contribution in [0.15, 0.2) is 36.5 Å². The van der Waals surface area contributed by atoms with E-state index >= 15 is 0 Å². The molecule has 1 N–H and O–H groups in total. The number of unbranched alkanes of at least 4 members (excludes halogenated alkanes) is 1. The molecular weight excluding hydrogens is 357 g/mol. The van der Waals surface area contributed by atoms with E-state index in [-0.39, 0.29) is 11.9 Å². The van der Waals surface area contributed by atoms with E-state index in [1.807, 2.05) is 24.3 Å². The lowest BCUT2D eigenvalue weighted by Crippen LogP contribution is -2.44. The summed E-state index contributed by atoms with van der Waals surface area (Å²) in [4.78, 5) is 14.5. The van der Waals surface area contributed by atoms with Gasteiger partial charge >= 0.3 is 0 Å². The van der Waals surface area contributed by atoms with Crippen molar-refractivity contribution >= 4 is 29.1 Å². The van der Waals surface area contributed by atoms with Crippen molar-refractivity contribution in [3.05, 3.63) is 57.8 Å². The standard InChI is InChI=1S/C19H23Cl2N3O/c1-2-3-8-22-18(25)13-24-11-10-23-9-4-5-17(23)19(24)14-6-7-15(20)16(21)12-14/h4-7,9,12,19H,2-3,8,10-11,13H2,1H3,(H,22,25). The van der Waals surface area contributed by atoms with Crippen LogP contribution >= 0.6 is 23.2 Å². The maximum atomic E-state index is 12.3. The zero-order valence-electron chi connectivity index (χ0n) is 14.3. The summed E-state index contributed by atoms with van der Waals surface area (Å²) >= 11 is 12.3. The highest BCUT2D eigenvalue weighted by Gasteiger charge is 2.30. The Balaban J connectivity index is 1.84. The Morgan fingerprint density at radius 3 is 2.84 bits per heavy atom. The van der Waals surface area contributed by atoms with Gasteiger partial charge in [0.15, 0.2) is 0 Å². The second-order valence-corrected chi connectivity index (χ2v) is 7.19. The second kappa shape index (κ2) is 8.26. The van der Waals surface area contributed by atoms with E-state index in [0.29, 0.717) is 16.6 Å². The minimum absolute atomic E-state index is 0.00422. The Morgan fingerprint density at radius 1 is 1.24 bits per heavy atom.